The zero-order valence-corrected chi connectivity index (χ0v) is 17.9. The van der Waals surface area contributed by atoms with Crippen molar-refractivity contribution in [2.75, 3.05) is 5.32 Å². The Labute approximate surface area is 177 Å². The smallest absolute Gasteiger partial charge is 0.338 e. The Morgan fingerprint density at radius 3 is 2.53 bits per heavy atom. The van der Waals surface area contributed by atoms with Gasteiger partial charge in [-0.2, -0.15) is 10.6 Å². The van der Waals surface area contributed by atoms with Crippen LogP contribution >= 0.6 is 0 Å². The molecule has 0 spiro atoms. The molecule has 1 aromatic heterocycles. The van der Waals surface area contributed by atoms with E-state index in [0.717, 1.165) is 44.1 Å². The van der Waals surface area contributed by atoms with Crippen LogP contribution in [0.15, 0.2) is 36.5 Å². The zero-order valence-electron chi connectivity index (χ0n) is 17.9. The Balaban J connectivity index is 1.50. The zero-order chi connectivity index (χ0) is 21.4. The van der Waals surface area contributed by atoms with E-state index in [1.807, 2.05) is 29.8 Å². The van der Waals surface area contributed by atoms with Crippen LogP contribution < -0.4 is 10.8 Å². The summed E-state index contributed by atoms with van der Waals surface area (Å²) in [5.41, 5.74) is 3.08. The summed E-state index contributed by atoms with van der Waals surface area (Å²) in [7, 11) is 0. The van der Waals surface area contributed by atoms with Gasteiger partial charge in [-0.25, -0.2) is 9.48 Å². The number of fused-ring (bicyclic) bond motifs is 1. The molecular weight excluding hydrogens is 380 g/mol. The van der Waals surface area contributed by atoms with Crippen LogP contribution in [0.1, 0.15) is 81.3 Å². The fourth-order valence-electron chi connectivity index (χ4n) is 4.61. The third-order valence-electron chi connectivity index (χ3n) is 6.49. The molecule has 7 nitrogen and oxygen atoms in total. The lowest BCUT2D eigenvalue weighted by atomic mass is 9.76. The van der Waals surface area contributed by atoms with Gasteiger partial charge in [0.15, 0.2) is 0 Å². The van der Waals surface area contributed by atoms with Gasteiger partial charge >= 0.3 is 5.97 Å². The van der Waals surface area contributed by atoms with Crippen LogP contribution in [0.4, 0.5) is 5.82 Å². The van der Waals surface area contributed by atoms with Crippen molar-refractivity contribution in [2.24, 2.45) is 5.41 Å². The Kier molecular flexibility index (Phi) is 5.30. The molecular formula is C23H30N4O3. The number of nitrogens with zero attached hydrogens (tertiary/aromatic N) is 2. The molecule has 2 aromatic rings. The quantitative estimate of drug-likeness (QED) is 0.736. The molecule has 2 N–H and O–H groups in total. The van der Waals surface area contributed by atoms with E-state index in [1.54, 1.807) is 0 Å². The van der Waals surface area contributed by atoms with E-state index in [2.05, 4.69) is 41.9 Å². The molecule has 1 atom stereocenters. The molecule has 2 aliphatic rings. The van der Waals surface area contributed by atoms with Gasteiger partial charge in [0, 0.05) is 0 Å². The van der Waals surface area contributed by atoms with E-state index in [9.17, 15) is 9.59 Å². The summed E-state index contributed by atoms with van der Waals surface area (Å²) >= 11 is 0. The number of carbonyl (C=O) groups excluding carboxylic acids is 2. The first-order valence-corrected chi connectivity index (χ1v) is 10.7. The minimum absolute atomic E-state index is 0.0562. The topological polar surface area (TPSA) is 85.2 Å². The fraction of sp³-hybridized carbons (Fsp3) is 0.522. The summed E-state index contributed by atoms with van der Waals surface area (Å²) in [6, 6.07) is 10.2. The van der Waals surface area contributed by atoms with Crippen LogP contribution in [-0.4, -0.2) is 21.7 Å². The van der Waals surface area contributed by atoms with Crippen molar-refractivity contribution < 1.29 is 14.4 Å². The molecule has 4 rings (SSSR count). The number of benzene rings is 1. The van der Waals surface area contributed by atoms with Crippen molar-refractivity contribution in [3.05, 3.63) is 47.7 Å². The molecule has 30 heavy (non-hydrogen) atoms. The van der Waals surface area contributed by atoms with E-state index in [1.165, 1.54) is 6.20 Å². The van der Waals surface area contributed by atoms with Crippen molar-refractivity contribution in [1.29, 1.82) is 0 Å². The summed E-state index contributed by atoms with van der Waals surface area (Å²) < 4.78 is 1.84. The lowest BCUT2D eigenvalue weighted by Gasteiger charge is -2.38. The minimum Gasteiger partial charge on any atom is -0.363 e. The molecule has 2 heterocycles. The summed E-state index contributed by atoms with van der Waals surface area (Å²) in [5.74, 6) is -0.203. The molecule has 1 saturated carbocycles. The van der Waals surface area contributed by atoms with Crippen molar-refractivity contribution >= 4 is 17.7 Å². The van der Waals surface area contributed by atoms with Crippen LogP contribution in [0, 0.1) is 5.41 Å². The van der Waals surface area contributed by atoms with Crippen LogP contribution in [0.25, 0.3) is 0 Å². The maximum Gasteiger partial charge on any atom is 0.338 e. The van der Waals surface area contributed by atoms with Gasteiger partial charge in [0.2, 0.25) is 0 Å². The summed E-state index contributed by atoms with van der Waals surface area (Å²) in [6.45, 7) is 6.12. The number of hydroxylamine groups is 1. The monoisotopic (exact) mass is 410 g/mol. The number of rotatable bonds is 3. The van der Waals surface area contributed by atoms with Crippen LogP contribution in [-0.2, 0) is 15.2 Å². The number of hydrogen-bond donors (Lipinski definition) is 2. The summed E-state index contributed by atoms with van der Waals surface area (Å²) in [4.78, 5) is 30.6. The van der Waals surface area contributed by atoms with E-state index in [0.29, 0.717) is 11.4 Å². The van der Waals surface area contributed by atoms with Gasteiger partial charge in [0.25, 0.3) is 5.91 Å². The first kappa shape index (κ1) is 20.4. The second-order valence-electron chi connectivity index (χ2n) is 9.38. The number of hydrogen-bond acceptors (Lipinski definition) is 5. The number of anilines is 1. The van der Waals surface area contributed by atoms with Crippen LogP contribution in [0.2, 0.25) is 0 Å². The first-order chi connectivity index (χ1) is 14.3. The van der Waals surface area contributed by atoms with Gasteiger partial charge in [-0.15, -0.1) is 0 Å². The number of carbonyl (C=O) groups is 2. The third-order valence-corrected chi connectivity index (χ3v) is 6.49. The Morgan fingerprint density at radius 2 is 1.83 bits per heavy atom. The highest BCUT2D eigenvalue weighted by Crippen LogP contribution is 2.40. The second-order valence-corrected chi connectivity index (χ2v) is 9.38. The average Bonchev–Trinajstić information content (AvgIpc) is 3.18. The van der Waals surface area contributed by atoms with Crippen LogP contribution in [0.5, 0.6) is 0 Å². The molecule has 7 heteroatoms. The molecule has 1 aromatic carbocycles. The van der Waals surface area contributed by atoms with E-state index >= 15 is 0 Å². The average molecular weight is 411 g/mol. The molecule has 160 valence electrons. The highest BCUT2D eigenvalue weighted by atomic mass is 16.7. The first-order valence-electron chi connectivity index (χ1n) is 10.7. The van der Waals surface area contributed by atoms with E-state index in [4.69, 9.17) is 4.84 Å². The Morgan fingerprint density at radius 1 is 1.13 bits per heavy atom. The summed E-state index contributed by atoms with van der Waals surface area (Å²) in [6.07, 6.45) is 7.11. The Bertz CT molecular complexity index is 929. The number of nitrogens with one attached hydrogen (secondary N) is 2. The van der Waals surface area contributed by atoms with Crippen molar-refractivity contribution in [2.45, 2.75) is 70.9 Å². The van der Waals surface area contributed by atoms with Crippen molar-refractivity contribution in [3.8, 4) is 0 Å². The lowest BCUT2D eigenvalue weighted by molar-refractivity contribution is -0.162. The standard InChI is InChI=1S/C23H30N4O3/c1-22(2)14-18(16-10-6-4-7-11-16)25-19-17(15-24-27(19)22)20(28)26-30-21(29)23(3)12-8-5-9-13-23/h4,6-7,10-11,15,18,25H,5,8-9,12-14H2,1-3H3,(H,26,28). The van der Waals surface area contributed by atoms with Gasteiger partial charge in [0.1, 0.15) is 11.4 Å². The van der Waals surface area contributed by atoms with Gasteiger partial charge in [-0.1, -0.05) is 49.6 Å². The van der Waals surface area contributed by atoms with Gasteiger partial charge < -0.3 is 10.2 Å². The molecule has 0 saturated heterocycles. The summed E-state index contributed by atoms with van der Waals surface area (Å²) in [5, 5.41) is 7.90. The lowest BCUT2D eigenvalue weighted by Crippen LogP contribution is -2.39. The molecule has 0 radical (unpaired) electrons. The van der Waals surface area contributed by atoms with Crippen LogP contribution in [0.3, 0.4) is 0 Å². The predicted molar refractivity (Wildman–Crippen MR) is 114 cm³/mol. The number of amides is 1. The van der Waals surface area contributed by atoms with E-state index < -0.39 is 11.3 Å². The molecule has 1 amide bonds. The van der Waals surface area contributed by atoms with E-state index in [-0.39, 0.29) is 17.6 Å². The number of aromatic nitrogens is 2. The van der Waals surface area contributed by atoms with Gasteiger partial charge in [0.05, 0.1) is 23.2 Å². The van der Waals surface area contributed by atoms with Crippen molar-refractivity contribution in [1.82, 2.24) is 15.3 Å². The third kappa shape index (κ3) is 3.80. The largest absolute Gasteiger partial charge is 0.363 e. The molecule has 1 unspecified atom stereocenters. The SMILES string of the molecule is CC1(C(=O)ONC(=O)c2cnn3c2NC(c2ccccc2)CC3(C)C)CCCCC1. The minimum atomic E-state index is -0.525. The second kappa shape index (κ2) is 7.78. The van der Waals surface area contributed by atoms with Gasteiger partial charge in [-0.05, 0) is 45.6 Å². The van der Waals surface area contributed by atoms with Gasteiger partial charge in [-0.3, -0.25) is 4.79 Å². The molecule has 1 fully saturated rings. The maximum absolute atomic E-state index is 12.8. The molecule has 1 aliphatic carbocycles. The fourth-order valence-corrected chi connectivity index (χ4v) is 4.61. The highest BCUT2D eigenvalue weighted by molar-refractivity contribution is 5.99. The maximum atomic E-state index is 12.8. The predicted octanol–water partition coefficient (Wildman–Crippen LogP) is 4.33. The molecule has 0 bridgehead atoms. The van der Waals surface area contributed by atoms with Crippen molar-refractivity contribution in [3.63, 3.8) is 0 Å². The Hall–Kier alpha value is -2.83. The highest BCUT2D eigenvalue weighted by Gasteiger charge is 2.39. The molecule has 1 aliphatic heterocycles. The normalized spacial score (nSPS) is 21.8.